The Labute approximate surface area is 516 Å². The molecule has 468 valence electrons. The molecule has 7 atom stereocenters. The van der Waals surface area contributed by atoms with Crippen LogP contribution in [-0.2, 0) is 64.0 Å². The fraction of sp³-hybridized carbons (Fsp3) is 0.406. The van der Waals surface area contributed by atoms with Crippen LogP contribution in [0.2, 0.25) is 5.02 Å². The fourth-order valence-electron chi connectivity index (χ4n) is 10.6. The van der Waals surface area contributed by atoms with Gasteiger partial charge in [0.25, 0.3) is 0 Å². The van der Waals surface area contributed by atoms with E-state index < -0.39 is 90.3 Å². The van der Waals surface area contributed by atoms with Gasteiger partial charge in [0, 0.05) is 86.8 Å². The third-order valence-electron chi connectivity index (χ3n) is 15.1. The summed E-state index contributed by atoms with van der Waals surface area (Å²) < 4.78 is 0. The molecule has 0 unspecified atom stereocenters. The van der Waals surface area contributed by atoms with Crippen molar-refractivity contribution in [1.82, 2.24) is 57.4 Å². The molecule has 1 fully saturated rings. The lowest BCUT2D eigenvalue weighted by atomic mass is 9.99. The van der Waals surface area contributed by atoms with E-state index in [1.807, 2.05) is 80.6 Å². The van der Waals surface area contributed by atoms with Crippen LogP contribution in [0, 0.1) is 5.92 Å². The molecular weight excluding hydrogens is 1140 g/mol. The number of aromatic amines is 1. The summed E-state index contributed by atoms with van der Waals surface area (Å²) in [5.74, 6) is -5.99. The SMILES string of the molecule is CC(=O)N[C@H](Cc1ccc2ccccc2c1)C(=O)N[C@H](Cc1ccc(Cl)cc1)C(=O)N[C@H](Cc1cccnc1)C(=O)N[C@@H](CO)C(=O)N[C@@H](CCCN=C(N)N)C(=O)N[C@H](Cc1c[nH]c2ccccc12)C(=O)N[C@@H](CC(C)C)C(=O)NCCN1CCCC1. The number of halogens is 1. The van der Waals surface area contributed by atoms with Gasteiger partial charge in [0.15, 0.2) is 5.96 Å². The maximum Gasteiger partial charge on any atom is 0.245 e. The Hall–Kier alpha value is -8.93. The number of pyridine rings is 1. The van der Waals surface area contributed by atoms with Gasteiger partial charge in [0.1, 0.15) is 42.3 Å². The highest BCUT2D eigenvalue weighted by Gasteiger charge is 2.35. The number of fused-ring (bicyclic) bond motifs is 2. The number of hydrogen-bond donors (Lipinski definition) is 12. The topological polar surface area (TPSA) is 349 Å². The van der Waals surface area contributed by atoms with E-state index in [2.05, 4.69) is 62.4 Å². The monoisotopic (exact) mass is 1220 g/mol. The van der Waals surface area contributed by atoms with Crippen molar-refractivity contribution in [2.75, 3.05) is 39.3 Å². The van der Waals surface area contributed by atoms with Gasteiger partial charge in [-0.15, -0.1) is 0 Å². The first-order valence-electron chi connectivity index (χ1n) is 29.7. The minimum absolute atomic E-state index is 0.00424. The third kappa shape index (κ3) is 20.6. The first-order chi connectivity index (χ1) is 42.3. The van der Waals surface area contributed by atoms with Gasteiger partial charge in [-0.05, 0) is 108 Å². The third-order valence-corrected chi connectivity index (χ3v) is 15.4. The van der Waals surface area contributed by atoms with Crippen LogP contribution in [0.3, 0.4) is 0 Å². The lowest BCUT2D eigenvalue weighted by Gasteiger charge is -2.28. The Bertz CT molecular complexity index is 3370. The molecule has 6 aromatic rings. The number of amides is 8. The normalized spacial score (nSPS) is 14.7. The van der Waals surface area contributed by atoms with E-state index in [9.17, 15) is 43.5 Å². The molecule has 0 bridgehead atoms. The Kier molecular flexibility index (Phi) is 25.2. The van der Waals surface area contributed by atoms with Gasteiger partial charge in [0.2, 0.25) is 47.3 Å². The summed E-state index contributed by atoms with van der Waals surface area (Å²) in [6.07, 6.45) is 7.02. The molecule has 3 heterocycles. The van der Waals surface area contributed by atoms with Crippen LogP contribution in [0.15, 0.2) is 127 Å². The lowest BCUT2D eigenvalue weighted by molar-refractivity contribution is -0.136. The fourth-order valence-corrected chi connectivity index (χ4v) is 10.7. The van der Waals surface area contributed by atoms with Crippen molar-refractivity contribution in [2.24, 2.45) is 22.4 Å². The number of aliphatic imine (C=N–C) groups is 1. The Morgan fingerprint density at radius 3 is 1.82 bits per heavy atom. The molecule has 2 aromatic heterocycles. The standard InChI is InChI=1S/C64H81ClN14O9/c1-39(2)30-51(57(82)69-26-29-79-27-8-9-28-79)74-62(87)55(35-46-37-71-49-16-7-6-15-48(46)49)77-58(83)50(17-11-25-70-64(66)67)73-63(88)56(38-80)78-61(86)54(34-43-12-10-24-68-36-43)76-60(85)53(32-41-19-22-47(65)23-20-41)75-59(84)52(72-40(3)81)33-42-18-21-44-13-4-5-14-45(44)31-42/h4-7,10,12-16,18-24,31,36-37,39,50-56,71,80H,8-9,11,17,25-30,32-35,38H2,1-3H3,(H,69,82)(H,72,81)(H,73,88)(H,74,87)(H,75,84)(H,76,85)(H,77,83)(H,78,86)(H4,66,67,70)/t50-,51-,52+,53+,54+,55+,56-/m0/s1. The molecule has 23 nitrogen and oxygen atoms in total. The second-order valence-corrected chi connectivity index (χ2v) is 23.0. The average molecular weight is 1230 g/mol. The van der Waals surface area contributed by atoms with Gasteiger partial charge < -0.3 is 69.0 Å². The van der Waals surface area contributed by atoms with Crippen LogP contribution in [-0.4, -0.2) is 155 Å². The molecule has 0 radical (unpaired) electrons. The summed E-state index contributed by atoms with van der Waals surface area (Å²) in [6, 6.07) is 21.3. The highest BCUT2D eigenvalue weighted by atomic mass is 35.5. The highest BCUT2D eigenvalue weighted by molar-refractivity contribution is 6.30. The highest BCUT2D eigenvalue weighted by Crippen LogP contribution is 2.21. The molecule has 1 saturated heterocycles. The van der Waals surface area contributed by atoms with E-state index in [4.69, 9.17) is 23.1 Å². The molecule has 14 N–H and O–H groups in total. The van der Waals surface area contributed by atoms with Gasteiger partial charge in [-0.25, -0.2) is 0 Å². The summed E-state index contributed by atoms with van der Waals surface area (Å²) in [6.45, 7) is 7.15. The number of carbonyl (C=O) groups is 8. The number of H-pyrrole nitrogens is 1. The van der Waals surface area contributed by atoms with Crippen LogP contribution in [0.5, 0.6) is 0 Å². The number of para-hydroxylation sites is 1. The number of guanidine groups is 1. The van der Waals surface area contributed by atoms with Crippen LogP contribution in [0.4, 0.5) is 0 Å². The van der Waals surface area contributed by atoms with Gasteiger partial charge >= 0.3 is 0 Å². The first-order valence-corrected chi connectivity index (χ1v) is 30.1. The van der Waals surface area contributed by atoms with Crippen molar-refractivity contribution in [2.45, 2.75) is 121 Å². The summed E-state index contributed by atoms with van der Waals surface area (Å²) in [7, 11) is 0. The Balaban J connectivity index is 1.11. The second kappa shape index (κ2) is 33.3. The number of nitrogens with zero attached hydrogens (tertiary/aromatic N) is 3. The largest absolute Gasteiger partial charge is 0.394 e. The Morgan fingerprint density at radius 2 is 1.18 bits per heavy atom. The van der Waals surface area contributed by atoms with E-state index in [0.717, 1.165) is 53.2 Å². The molecule has 0 aliphatic carbocycles. The zero-order valence-corrected chi connectivity index (χ0v) is 50.6. The van der Waals surface area contributed by atoms with Gasteiger partial charge in [-0.2, -0.15) is 0 Å². The molecule has 0 spiro atoms. The lowest BCUT2D eigenvalue weighted by Crippen LogP contribution is -2.61. The number of likely N-dealkylation sites (tertiary alicyclic amines) is 1. The van der Waals surface area contributed by atoms with Crippen LogP contribution < -0.4 is 54.0 Å². The van der Waals surface area contributed by atoms with Crippen molar-refractivity contribution >= 4 is 86.5 Å². The number of rotatable bonds is 32. The minimum atomic E-state index is -1.72. The predicted octanol–water partition coefficient (Wildman–Crippen LogP) is 2.36. The number of aliphatic hydroxyl groups is 1. The van der Waals surface area contributed by atoms with Gasteiger partial charge in [0.05, 0.1) is 6.61 Å². The van der Waals surface area contributed by atoms with Gasteiger partial charge in [-0.1, -0.05) is 104 Å². The molecule has 1 aliphatic rings. The van der Waals surface area contributed by atoms with E-state index in [1.165, 1.54) is 19.3 Å². The smallest absolute Gasteiger partial charge is 0.245 e. The van der Waals surface area contributed by atoms with Crippen molar-refractivity contribution in [3.8, 4) is 0 Å². The zero-order chi connectivity index (χ0) is 63.1. The maximum absolute atomic E-state index is 14.7. The van der Waals surface area contributed by atoms with Crippen molar-refractivity contribution in [3.05, 3.63) is 149 Å². The zero-order valence-electron chi connectivity index (χ0n) is 49.9. The number of carbonyl (C=O) groups excluding carboxylic acids is 8. The van der Waals surface area contributed by atoms with Crippen LogP contribution >= 0.6 is 11.6 Å². The summed E-state index contributed by atoms with van der Waals surface area (Å²) >= 11 is 6.22. The molecule has 24 heteroatoms. The quantitative estimate of drug-likeness (QED) is 0.0164. The Morgan fingerprint density at radius 1 is 0.625 bits per heavy atom. The van der Waals surface area contributed by atoms with E-state index in [-0.39, 0.29) is 62.9 Å². The summed E-state index contributed by atoms with van der Waals surface area (Å²) in [4.78, 5) is 127. The minimum Gasteiger partial charge on any atom is -0.394 e. The molecule has 4 aromatic carbocycles. The number of hydrogen-bond acceptors (Lipinski definition) is 12. The van der Waals surface area contributed by atoms with Crippen molar-refractivity contribution < 1.29 is 43.5 Å². The van der Waals surface area contributed by atoms with Crippen molar-refractivity contribution in [1.29, 1.82) is 0 Å². The summed E-state index contributed by atoms with van der Waals surface area (Å²) in [5, 5.41) is 36.1. The van der Waals surface area contributed by atoms with E-state index in [1.54, 1.807) is 42.6 Å². The molecule has 88 heavy (non-hydrogen) atoms. The van der Waals surface area contributed by atoms with E-state index in [0.29, 0.717) is 41.2 Å². The number of nitrogens with two attached hydrogens (primary N) is 2. The molecular formula is C64H81ClN14O9. The first kappa shape index (κ1) is 66.6. The van der Waals surface area contributed by atoms with Gasteiger partial charge in [-0.3, -0.25) is 48.3 Å². The second-order valence-electron chi connectivity index (χ2n) is 22.6. The molecule has 7 rings (SSSR count). The average Bonchev–Trinajstić information content (AvgIpc) is 4.26. The molecule has 1 aliphatic heterocycles. The molecule has 0 saturated carbocycles. The predicted molar refractivity (Wildman–Crippen MR) is 337 cm³/mol. The van der Waals surface area contributed by atoms with Crippen molar-refractivity contribution in [3.63, 3.8) is 0 Å². The molecule has 8 amide bonds. The number of benzene rings is 4. The van der Waals surface area contributed by atoms with E-state index >= 15 is 0 Å². The summed E-state index contributed by atoms with van der Waals surface area (Å²) in [5.41, 5.74) is 14.5. The maximum atomic E-state index is 14.7. The van der Waals surface area contributed by atoms with Crippen LogP contribution in [0.1, 0.15) is 75.1 Å². The number of aromatic nitrogens is 2. The number of nitrogens with one attached hydrogen (secondary N) is 9. The number of aliphatic hydroxyl groups excluding tert-OH is 1. The van der Waals surface area contributed by atoms with Crippen LogP contribution in [0.25, 0.3) is 21.7 Å².